The summed E-state index contributed by atoms with van der Waals surface area (Å²) >= 11 is 11.5. The van der Waals surface area contributed by atoms with E-state index >= 15 is 0 Å². The number of hydrogen-bond donors (Lipinski definition) is 2. The molecule has 0 aromatic carbocycles. The number of nitrogens with one attached hydrogen (secondary N) is 2. The average Bonchev–Trinajstić information content (AvgIpc) is 2.82. The van der Waals surface area contributed by atoms with Gasteiger partial charge in [-0.25, -0.2) is 4.98 Å². The van der Waals surface area contributed by atoms with Crippen LogP contribution in [0.2, 0.25) is 5.15 Å². The van der Waals surface area contributed by atoms with Crippen LogP contribution in [0.25, 0.3) is 0 Å². The second-order valence-electron chi connectivity index (χ2n) is 6.09. The Bertz CT molecular complexity index is 728. The molecule has 0 bridgehead atoms. The van der Waals surface area contributed by atoms with Crippen molar-refractivity contribution in [2.45, 2.75) is 39.2 Å². The van der Waals surface area contributed by atoms with Gasteiger partial charge in [-0.2, -0.15) is 4.98 Å². The molecule has 25 heavy (non-hydrogen) atoms. The SMILES string of the molecule is Cc1ccc(CNC(=S)Nc2nc(Cl)cc(N3CCCCCC3)n2)o1. The highest BCUT2D eigenvalue weighted by Crippen LogP contribution is 2.21. The Labute approximate surface area is 158 Å². The first-order valence-electron chi connectivity index (χ1n) is 8.50. The first kappa shape index (κ1) is 17.9. The maximum atomic E-state index is 6.17. The van der Waals surface area contributed by atoms with Gasteiger partial charge in [0.1, 0.15) is 22.5 Å². The fourth-order valence-electron chi connectivity index (χ4n) is 2.82. The van der Waals surface area contributed by atoms with Gasteiger partial charge in [-0.05, 0) is 44.1 Å². The minimum Gasteiger partial charge on any atom is -0.465 e. The Kier molecular flexibility index (Phi) is 6.09. The highest BCUT2D eigenvalue weighted by Gasteiger charge is 2.14. The van der Waals surface area contributed by atoms with Crippen LogP contribution in [0.15, 0.2) is 22.6 Å². The van der Waals surface area contributed by atoms with E-state index in [1.54, 1.807) is 6.07 Å². The molecule has 1 aliphatic rings. The van der Waals surface area contributed by atoms with Gasteiger partial charge in [0.2, 0.25) is 5.95 Å². The third kappa shape index (κ3) is 5.31. The van der Waals surface area contributed by atoms with Crippen molar-refractivity contribution in [3.8, 4) is 0 Å². The second kappa shape index (κ2) is 8.49. The number of hydrogen-bond acceptors (Lipinski definition) is 5. The topological polar surface area (TPSA) is 66.2 Å². The zero-order valence-corrected chi connectivity index (χ0v) is 15.8. The molecule has 0 amide bonds. The van der Waals surface area contributed by atoms with E-state index in [9.17, 15) is 0 Å². The predicted molar refractivity (Wildman–Crippen MR) is 104 cm³/mol. The van der Waals surface area contributed by atoms with Crippen LogP contribution in [0.4, 0.5) is 11.8 Å². The van der Waals surface area contributed by atoms with Crippen molar-refractivity contribution in [2.24, 2.45) is 0 Å². The van der Waals surface area contributed by atoms with Crippen LogP contribution < -0.4 is 15.5 Å². The fraction of sp³-hybridized carbons (Fsp3) is 0.471. The van der Waals surface area contributed by atoms with Gasteiger partial charge in [-0.3, -0.25) is 0 Å². The molecule has 0 spiro atoms. The number of furan rings is 1. The molecule has 0 aliphatic carbocycles. The molecule has 2 aromatic rings. The van der Waals surface area contributed by atoms with Gasteiger partial charge in [-0.15, -0.1) is 0 Å². The fourth-order valence-corrected chi connectivity index (χ4v) is 3.16. The zero-order valence-electron chi connectivity index (χ0n) is 14.2. The number of aryl methyl sites for hydroxylation is 1. The molecule has 6 nitrogen and oxygen atoms in total. The van der Waals surface area contributed by atoms with Crippen molar-refractivity contribution in [3.05, 3.63) is 34.9 Å². The molecule has 1 aliphatic heterocycles. The molecular weight excluding hydrogens is 358 g/mol. The van der Waals surface area contributed by atoms with E-state index in [0.717, 1.165) is 30.4 Å². The van der Waals surface area contributed by atoms with Crippen LogP contribution >= 0.6 is 23.8 Å². The van der Waals surface area contributed by atoms with Crippen molar-refractivity contribution in [1.29, 1.82) is 0 Å². The second-order valence-corrected chi connectivity index (χ2v) is 6.89. The lowest BCUT2D eigenvalue weighted by Gasteiger charge is -2.22. The number of thiocarbonyl (C=S) groups is 1. The molecule has 3 rings (SSSR count). The Morgan fingerprint density at radius 3 is 2.68 bits per heavy atom. The summed E-state index contributed by atoms with van der Waals surface area (Å²) in [5.41, 5.74) is 0. The molecule has 3 heterocycles. The summed E-state index contributed by atoms with van der Waals surface area (Å²) in [5.74, 6) is 2.93. The largest absolute Gasteiger partial charge is 0.465 e. The van der Waals surface area contributed by atoms with Gasteiger partial charge < -0.3 is 20.0 Å². The maximum absolute atomic E-state index is 6.17. The van der Waals surface area contributed by atoms with Crippen LogP contribution in [-0.2, 0) is 6.54 Å². The van der Waals surface area contributed by atoms with E-state index in [-0.39, 0.29) is 0 Å². The third-order valence-corrected chi connectivity index (χ3v) is 4.50. The van der Waals surface area contributed by atoms with E-state index in [0.29, 0.717) is 22.8 Å². The molecule has 0 saturated carbocycles. The summed E-state index contributed by atoms with van der Waals surface area (Å²) < 4.78 is 5.50. The molecule has 0 radical (unpaired) electrons. The van der Waals surface area contributed by atoms with Gasteiger partial charge in [0.15, 0.2) is 5.11 Å². The van der Waals surface area contributed by atoms with Crippen LogP contribution in [0.1, 0.15) is 37.2 Å². The number of rotatable bonds is 4. The van der Waals surface area contributed by atoms with Gasteiger partial charge >= 0.3 is 0 Å². The summed E-state index contributed by atoms with van der Waals surface area (Å²) in [4.78, 5) is 11.0. The van der Waals surface area contributed by atoms with E-state index in [4.69, 9.17) is 28.2 Å². The van der Waals surface area contributed by atoms with Crippen molar-refractivity contribution >= 4 is 40.7 Å². The van der Waals surface area contributed by atoms with Crippen molar-refractivity contribution in [1.82, 2.24) is 15.3 Å². The van der Waals surface area contributed by atoms with Crippen molar-refractivity contribution in [3.63, 3.8) is 0 Å². The molecular formula is C17H22ClN5OS. The monoisotopic (exact) mass is 379 g/mol. The van der Waals surface area contributed by atoms with Gasteiger partial charge in [0, 0.05) is 19.2 Å². The molecule has 0 unspecified atom stereocenters. The minimum atomic E-state index is 0.403. The molecule has 2 aromatic heterocycles. The Balaban J connectivity index is 1.62. The van der Waals surface area contributed by atoms with E-state index in [1.807, 2.05) is 19.1 Å². The summed E-state index contributed by atoms with van der Waals surface area (Å²) in [6.07, 6.45) is 4.88. The lowest BCUT2D eigenvalue weighted by molar-refractivity contribution is 0.478. The summed E-state index contributed by atoms with van der Waals surface area (Å²) in [6, 6.07) is 5.64. The van der Waals surface area contributed by atoms with Crippen LogP contribution in [-0.4, -0.2) is 28.2 Å². The van der Waals surface area contributed by atoms with Crippen LogP contribution in [0, 0.1) is 6.92 Å². The molecule has 2 N–H and O–H groups in total. The van der Waals surface area contributed by atoms with E-state index < -0.39 is 0 Å². The van der Waals surface area contributed by atoms with Crippen LogP contribution in [0.3, 0.4) is 0 Å². The number of halogens is 1. The maximum Gasteiger partial charge on any atom is 0.232 e. The summed E-state index contributed by atoms with van der Waals surface area (Å²) in [7, 11) is 0. The highest BCUT2D eigenvalue weighted by atomic mass is 35.5. The van der Waals surface area contributed by atoms with E-state index in [1.165, 1.54) is 25.7 Å². The quantitative estimate of drug-likeness (QED) is 0.616. The van der Waals surface area contributed by atoms with Gasteiger partial charge in [-0.1, -0.05) is 24.4 Å². The first-order valence-corrected chi connectivity index (χ1v) is 9.28. The smallest absolute Gasteiger partial charge is 0.232 e. The lowest BCUT2D eigenvalue weighted by Crippen LogP contribution is -2.29. The number of anilines is 2. The third-order valence-electron chi connectivity index (χ3n) is 4.06. The molecule has 8 heteroatoms. The predicted octanol–water partition coefficient (Wildman–Crippen LogP) is 3.90. The normalized spacial score (nSPS) is 14.9. The molecule has 1 fully saturated rings. The summed E-state index contributed by atoms with van der Waals surface area (Å²) in [6.45, 7) is 4.39. The Morgan fingerprint density at radius 1 is 1.24 bits per heavy atom. The average molecular weight is 380 g/mol. The summed E-state index contributed by atoms with van der Waals surface area (Å²) in [5, 5.41) is 6.91. The lowest BCUT2D eigenvalue weighted by atomic mass is 10.2. The Morgan fingerprint density at radius 2 is 2.00 bits per heavy atom. The molecule has 1 saturated heterocycles. The Hall–Kier alpha value is -1.86. The number of aromatic nitrogens is 2. The van der Waals surface area contributed by atoms with Gasteiger partial charge in [0.25, 0.3) is 0 Å². The van der Waals surface area contributed by atoms with Crippen molar-refractivity contribution < 1.29 is 4.42 Å². The minimum absolute atomic E-state index is 0.403. The zero-order chi connectivity index (χ0) is 17.6. The van der Waals surface area contributed by atoms with Crippen molar-refractivity contribution in [2.75, 3.05) is 23.3 Å². The van der Waals surface area contributed by atoms with Crippen LogP contribution in [0.5, 0.6) is 0 Å². The van der Waals surface area contributed by atoms with E-state index in [2.05, 4.69) is 25.5 Å². The standard InChI is InChI=1S/C17H22ClN5OS/c1-12-6-7-13(24-12)11-19-17(25)22-16-20-14(18)10-15(21-16)23-8-4-2-3-5-9-23/h6-7,10H,2-5,8-9,11H2,1H3,(H2,19,20,21,22,25). The first-order chi connectivity index (χ1) is 12.1. The molecule has 134 valence electrons. The number of nitrogens with zero attached hydrogens (tertiary/aromatic N) is 3. The van der Waals surface area contributed by atoms with Gasteiger partial charge in [0.05, 0.1) is 6.54 Å². The molecule has 0 atom stereocenters. The highest BCUT2D eigenvalue weighted by molar-refractivity contribution is 7.80.